The molecule has 0 aliphatic heterocycles. The highest BCUT2D eigenvalue weighted by Crippen LogP contribution is 2.43. The van der Waals surface area contributed by atoms with Crippen molar-refractivity contribution >= 4 is 19.8 Å². The van der Waals surface area contributed by atoms with Gasteiger partial charge in [-0.2, -0.15) is 0 Å². The molecule has 0 aromatic heterocycles. The Morgan fingerprint density at radius 1 is 0.574 bits per heavy atom. The molecule has 3 N–H and O–H groups in total. The van der Waals surface area contributed by atoms with Crippen LogP contribution in [0.1, 0.15) is 162 Å². The van der Waals surface area contributed by atoms with Gasteiger partial charge < -0.3 is 20.1 Å². The van der Waals surface area contributed by atoms with Crippen molar-refractivity contribution in [2.24, 2.45) is 5.73 Å². The number of phosphoric acid groups is 1. The van der Waals surface area contributed by atoms with E-state index < -0.39 is 32.5 Å². The fraction of sp³-hybridized carbons (Fsp3) is 0.682. The van der Waals surface area contributed by atoms with E-state index in [0.717, 1.165) is 83.5 Å². The van der Waals surface area contributed by atoms with Crippen molar-refractivity contribution < 1.29 is 37.6 Å². The zero-order valence-corrected chi connectivity index (χ0v) is 34.8. The Hall–Kier alpha value is -2.55. The van der Waals surface area contributed by atoms with Gasteiger partial charge in [-0.05, 0) is 64.2 Å². The lowest BCUT2D eigenvalue weighted by Gasteiger charge is -2.19. The monoisotopic (exact) mass is 778 g/mol. The maximum absolute atomic E-state index is 12.6. The molecule has 2 unspecified atom stereocenters. The topological polar surface area (TPSA) is 134 Å². The normalized spacial score (nSPS) is 14.1. The van der Waals surface area contributed by atoms with Gasteiger partial charge in [0.2, 0.25) is 0 Å². The number of carbonyl (C=O) groups is 2. The Bertz CT molecular complexity index is 1110. The van der Waals surface area contributed by atoms with Gasteiger partial charge in [0.1, 0.15) is 6.61 Å². The molecule has 9 nitrogen and oxygen atoms in total. The first-order valence-electron chi connectivity index (χ1n) is 20.9. The van der Waals surface area contributed by atoms with Crippen molar-refractivity contribution in [1.29, 1.82) is 0 Å². The van der Waals surface area contributed by atoms with Gasteiger partial charge in [-0.25, -0.2) is 4.57 Å². The molecule has 0 bridgehead atoms. The Morgan fingerprint density at radius 3 is 1.52 bits per heavy atom. The maximum Gasteiger partial charge on any atom is 0.472 e. The molecular formula is C44H76NO8P. The van der Waals surface area contributed by atoms with Crippen LogP contribution in [0.25, 0.3) is 0 Å². The van der Waals surface area contributed by atoms with E-state index in [0.29, 0.717) is 6.42 Å². The lowest BCUT2D eigenvalue weighted by molar-refractivity contribution is -0.161. The van der Waals surface area contributed by atoms with Crippen LogP contribution in [0.2, 0.25) is 0 Å². The van der Waals surface area contributed by atoms with Gasteiger partial charge in [-0.15, -0.1) is 0 Å². The largest absolute Gasteiger partial charge is 0.472 e. The molecule has 0 amide bonds. The van der Waals surface area contributed by atoms with Crippen molar-refractivity contribution in [3.63, 3.8) is 0 Å². The number of nitrogens with two attached hydrogens (primary N) is 1. The predicted octanol–water partition coefficient (Wildman–Crippen LogP) is 11.9. The van der Waals surface area contributed by atoms with Gasteiger partial charge in [0.05, 0.1) is 13.2 Å². The van der Waals surface area contributed by atoms with Gasteiger partial charge in [0, 0.05) is 19.4 Å². The van der Waals surface area contributed by atoms with Crippen LogP contribution < -0.4 is 5.73 Å². The van der Waals surface area contributed by atoms with Crippen LogP contribution in [-0.2, 0) is 32.7 Å². The van der Waals surface area contributed by atoms with E-state index in [1.54, 1.807) is 0 Å². The van der Waals surface area contributed by atoms with Crippen molar-refractivity contribution in [3.05, 3.63) is 72.9 Å². The number of carbonyl (C=O) groups excluding carboxylic acids is 2. The first kappa shape index (κ1) is 51.5. The van der Waals surface area contributed by atoms with E-state index in [1.807, 2.05) is 0 Å². The fourth-order valence-electron chi connectivity index (χ4n) is 5.28. The molecule has 0 spiro atoms. The second kappa shape index (κ2) is 40.1. The summed E-state index contributed by atoms with van der Waals surface area (Å²) >= 11 is 0. The molecule has 54 heavy (non-hydrogen) atoms. The van der Waals surface area contributed by atoms with Gasteiger partial charge in [0.25, 0.3) is 0 Å². The summed E-state index contributed by atoms with van der Waals surface area (Å²) < 4.78 is 32.7. The minimum atomic E-state index is -4.38. The SMILES string of the molecule is CC/C=C\C/C=C\C/C=C\C/C=C\C/C=C\C/C=C\CCCCCCC(=O)OC(COC(=O)CCCCCCCCCCCC)COP(=O)(O)OCCN. The second-order valence-corrected chi connectivity index (χ2v) is 14.9. The molecule has 0 aliphatic rings. The van der Waals surface area contributed by atoms with Crippen LogP contribution in [0.4, 0.5) is 0 Å². The third-order valence-electron chi connectivity index (χ3n) is 8.36. The minimum Gasteiger partial charge on any atom is -0.462 e. The standard InChI is InChI=1S/C44H76NO8P/c1-3-5-7-9-11-13-15-16-17-18-19-20-21-22-23-24-25-26-27-29-31-33-35-37-44(47)53-42(41-52-54(48,49)51-39-38-45)40-50-43(46)36-34-32-30-28-14-12-10-8-6-4-2/h5,7,11,13,16-17,19-20,22-23,25-26,42H,3-4,6,8-10,12,14-15,18,21,24,27-41,45H2,1-2H3,(H,48,49)/b7-5-,13-11-,17-16-,20-19-,23-22-,26-25-. The van der Waals surface area contributed by atoms with Crippen molar-refractivity contribution in [3.8, 4) is 0 Å². The van der Waals surface area contributed by atoms with E-state index in [2.05, 4.69) is 86.8 Å². The highest BCUT2D eigenvalue weighted by atomic mass is 31.2. The number of ether oxygens (including phenoxy) is 2. The molecule has 0 rings (SSSR count). The van der Waals surface area contributed by atoms with Crippen molar-refractivity contribution in [2.45, 2.75) is 168 Å². The Kier molecular flexibility index (Phi) is 38.2. The number of unbranched alkanes of at least 4 members (excludes halogenated alkanes) is 13. The molecule has 0 saturated carbocycles. The average Bonchev–Trinajstić information content (AvgIpc) is 3.16. The molecule has 310 valence electrons. The molecule has 10 heteroatoms. The zero-order valence-electron chi connectivity index (χ0n) is 33.9. The van der Waals surface area contributed by atoms with Gasteiger partial charge >= 0.3 is 19.8 Å². The number of rotatable bonds is 38. The fourth-order valence-corrected chi connectivity index (χ4v) is 6.05. The third-order valence-corrected chi connectivity index (χ3v) is 9.34. The lowest BCUT2D eigenvalue weighted by atomic mass is 10.1. The highest BCUT2D eigenvalue weighted by Gasteiger charge is 2.25. The molecule has 2 atom stereocenters. The smallest absolute Gasteiger partial charge is 0.462 e. The summed E-state index contributed by atoms with van der Waals surface area (Å²) in [5.74, 6) is -0.865. The molecular weight excluding hydrogens is 701 g/mol. The van der Waals surface area contributed by atoms with Crippen LogP contribution >= 0.6 is 7.82 Å². The molecule has 0 radical (unpaired) electrons. The third kappa shape index (κ3) is 39.2. The predicted molar refractivity (Wildman–Crippen MR) is 224 cm³/mol. The summed E-state index contributed by atoms with van der Waals surface area (Å²) in [7, 11) is -4.38. The lowest BCUT2D eigenvalue weighted by Crippen LogP contribution is -2.29. The molecule has 0 heterocycles. The summed E-state index contributed by atoms with van der Waals surface area (Å²) in [6.07, 6.45) is 47.9. The number of allylic oxidation sites excluding steroid dienone is 12. The quantitative estimate of drug-likeness (QED) is 0.0272. The second-order valence-electron chi connectivity index (χ2n) is 13.5. The van der Waals surface area contributed by atoms with Crippen LogP contribution in [0.15, 0.2) is 72.9 Å². The summed E-state index contributed by atoms with van der Waals surface area (Å²) in [5.41, 5.74) is 5.33. The summed E-state index contributed by atoms with van der Waals surface area (Å²) in [5, 5.41) is 0. The molecule has 0 aromatic rings. The van der Waals surface area contributed by atoms with E-state index in [1.165, 1.54) is 44.9 Å². The molecule has 0 aromatic carbocycles. The van der Waals surface area contributed by atoms with Crippen molar-refractivity contribution in [2.75, 3.05) is 26.4 Å². The van der Waals surface area contributed by atoms with E-state index in [4.69, 9.17) is 24.3 Å². The van der Waals surface area contributed by atoms with Crippen LogP contribution in [0, 0.1) is 0 Å². The molecule has 0 fully saturated rings. The average molecular weight is 778 g/mol. The number of hydrogen-bond acceptors (Lipinski definition) is 8. The first-order valence-corrected chi connectivity index (χ1v) is 22.4. The van der Waals surface area contributed by atoms with Crippen LogP contribution in [-0.4, -0.2) is 49.3 Å². The highest BCUT2D eigenvalue weighted by molar-refractivity contribution is 7.47. The van der Waals surface area contributed by atoms with E-state index in [9.17, 15) is 19.0 Å². The van der Waals surface area contributed by atoms with Crippen molar-refractivity contribution in [1.82, 2.24) is 0 Å². The van der Waals surface area contributed by atoms with Gasteiger partial charge in [-0.1, -0.05) is 157 Å². The van der Waals surface area contributed by atoms with Crippen LogP contribution in [0.3, 0.4) is 0 Å². The van der Waals surface area contributed by atoms with E-state index >= 15 is 0 Å². The number of phosphoric ester groups is 1. The van der Waals surface area contributed by atoms with Crippen LogP contribution in [0.5, 0.6) is 0 Å². The number of hydrogen-bond donors (Lipinski definition) is 2. The summed E-state index contributed by atoms with van der Waals surface area (Å²) in [6, 6.07) is 0. The zero-order chi connectivity index (χ0) is 39.6. The number of esters is 2. The minimum absolute atomic E-state index is 0.0459. The van der Waals surface area contributed by atoms with E-state index in [-0.39, 0.29) is 32.6 Å². The van der Waals surface area contributed by atoms with Gasteiger partial charge in [0.15, 0.2) is 6.10 Å². The molecule has 0 aliphatic carbocycles. The first-order chi connectivity index (χ1) is 26.3. The van der Waals surface area contributed by atoms with Gasteiger partial charge in [-0.3, -0.25) is 18.6 Å². The summed E-state index contributed by atoms with van der Waals surface area (Å²) in [4.78, 5) is 34.7. The summed E-state index contributed by atoms with van der Waals surface area (Å²) in [6.45, 7) is 3.55. The Balaban J connectivity index is 4.21. The Morgan fingerprint density at radius 2 is 1.02 bits per heavy atom. The Labute approximate surface area is 329 Å². The maximum atomic E-state index is 12.6. The molecule has 0 saturated heterocycles.